The fourth-order valence-electron chi connectivity index (χ4n) is 3.82. The van der Waals surface area contributed by atoms with E-state index in [2.05, 4.69) is 4.98 Å². The van der Waals surface area contributed by atoms with Gasteiger partial charge in [0.2, 0.25) is 0 Å². The van der Waals surface area contributed by atoms with E-state index >= 15 is 0 Å². The fraction of sp³-hybridized carbons (Fsp3) is 0.250. The smallest absolute Gasteiger partial charge is 0.416 e. The van der Waals surface area contributed by atoms with Gasteiger partial charge in [0, 0.05) is 11.8 Å². The quantitative estimate of drug-likeness (QED) is 0.494. The van der Waals surface area contributed by atoms with Crippen LogP contribution in [0.5, 0.6) is 5.88 Å². The van der Waals surface area contributed by atoms with E-state index in [0.29, 0.717) is 23.2 Å². The number of alkyl halides is 3. The van der Waals surface area contributed by atoms with Gasteiger partial charge in [-0.1, -0.05) is 29.8 Å². The number of anilines is 1. The summed E-state index contributed by atoms with van der Waals surface area (Å²) in [7, 11) is 3.31. The normalized spacial score (nSPS) is 16.1. The Morgan fingerprint density at radius 3 is 2.63 bits per heavy atom. The molecule has 0 bridgehead atoms. The van der Waals surface area contributed by atoms with E-state index in [0.717, 1.165) is 12.1 Å². The first-order chi connectivity index (χ1) is 14.1. The van der Waals surface area contributed by atoms with Crippen molar-refractivity contribution in [2.45, 2.75) is 12.2 Å². The second-order valence-electron chi connectivity index (χ2n) is 7.12. The molecule has 3 heterocycles. The SMILES string of the molecule is CN1CC(c2ccc(Cl)nc2)n2c1[n+](C)c(O)c(-c1cccc(C(F)(F)F)c1)c2=O. The van der Waals surface area contributed by atoms with E-state index in [-0.39, 0.29) is 11.1 Å². The summed E-state index contributed by atoms with van der Waals surface area (Å²) in [6, 6.07) is 7.26. The second kappa shape index (κ2) is 7.02. The molecule has 3 aromatic rings. The lowest BCUT2D eigenvalue weighted by molar-refractivity contribution is -0.668. The number of likely N-dealkylation sites (N-methyl/N-ethyl adjacent to an activating group) is 1. The van der Waals surface area contributed by atoms with Gasteiger partial charge in [0.1, 0.15) is 23.3 Å². The topological polar surface area (TPSA) is 62.2 Å². The van der Waals surface area contributed by atoms with Crippen LogP contribution in [0.2, 0.25) is 5.15 Å². The lowest BCUT2D eigenvalue weighted by Gasteiger charge is -2.14. The molecular formula is C20H17ClF3N4O2+. The maximum Gasteiger partial charge on any atom is 0.416 e. The molecule has 6 nitrogen and oxygen atoms in total. The van der Waals surface area contributed by atoms with Gasteiger partial charge in [-0.15, -0.1) is 0 Å². The highest BCUT2D eigenvalue weighted by molar-refractivity contribution is 6.29. The van der Waals surface area contributed by atoms with Crippen molar-refractivity contribution < 1.29 is 22.8 Å². The van der Waals surface area contributed by atoms with Crippen molar-refractivity contribution in [2.24, 2.45) is 7.05 Å². The standard InChI is InChI=1S/C20H16ClF3N4O2/c1-26-10-14(12-6-7-15(21)25-9-12)28-18(30)16(17(29)27(2)19(26)28)11-4-3-5-13(8-11)20(22,23)24/h3-9,14H,10H2,1-2H3/p+1. The van der Waals surface area contributed by atoms with Crippen LogP contribution in [-0.2, 0) is 13.2 Å². The molecule has 0 saturated heterocycles. The van der Waals surface area contributed by atoms with Gasteiger partial charge in [0.05, 0.1) is 19.7 Å². The minimum Gasteiger partial charge on any atom is -0.483 e. The molecular weight excluding hydrogens is 421 g/mol. The number of nitrogens with zero attached hydrogens (tertiary/aromatic N) is 4. The molecule has 1 aromatic carbocycles. The van der Waals surface area contributed by atoms with Crippen molar-refractivity contribution in [3.63, 3.8) is 0 Å². The number of aromatic hydroxyl groups is 1. The summed E-state index contributed by atoms with van der Waals surface area (Å²) in [6.07, 6.45) is -3.02. The summed E-state index contributed by atoms with van der Waals surface area (Å²) in [5.41, 5.74) is -0.991. The van der Waals surface area contributed by atoms with E-state index in [4.69, 9.17) is 11.6 Å². The largest absolute Gasteiger partial charge is 0.483 e. The Morgan fingerprint density at radius 2 is 2.00 bits per heavy atom. The van der Waals surface area contributed by atoms with Gasteiger partial charge in [-0.3, -0.25) is 4.90 Å². The van der Waals surface area contributed by atoms with Crippen molar-refractivity contribution in [1.82, 2.24) is 9.55 Å². The van der Waals surface area contributed by atoms with Crippen LogP contribution in [-0.4, -0.2) is 28.3 Å². The summed E-state index contributed by atoms with van der Waals surface area (Å²) < 4.78 is 42.4. The maximum atomic E-state index is 13.4. The molecule has 0 radical (unpaired) electrons. The molecule has 1 aliphatic heterocycles. The van der Waals surface area contributed by atoms with Crippen LogP contribution >= 0.6 is 11.6 Å². The lowest BCUT2D eigenvalue weighted by atomic mass is 10.0. The van der Waals surface area contributed by atoms with Gasteiger partial charge in [0.25, 0.3) is 5.88 Å². The van der Waals surface area contributed by atoms with Crippen molar-refractivity contribution >= 4 is 17.5 Å². The van der Waals surface area contributed by atoms with Gasteiger partial charge >= 0.3 is 17.7 Å². The number of aromatic nitrogens is 3. The van der Waals surface area contributed by atoms with Crippen molar-refractivity contribution in [2.75, 3.05) is 18.5 Å². The second-order valence-corrected chi connectivity index (χ2v) is 7.51. The van der Waals surface area contributed by atoms with Crippen LogP contribution in [0.1, 0.15) is 17.2 Å². The molecule has 0 amide bonds. The number of halogens is 4. The van der Waals surface area contributed by atoms with E-state index in [9.17, 15) is 23.1 Å². The van der Waals surface area contributed by atoms with Crippen molar-refractivity contribution in [3.8, 4) is 17.0 Å². The number of hydrogen-bond donors (Lipinski definition) is 1. The van der Waals surface area contributed by atoms with Crippen LogP contribution in [0.4, 0.5) is 19.1 Å². The molecule has 0 fully saturated rings. The third kappa shape index (κ3) is 3.19. The summed E-state index contributed by atoms with van der Waals surface area (Å²) in [4.78, 5) is 19.3. The minimum atomic E-state index is -4.57. The Kier molecular flexibility index (Phi) is 4.73. The number of hydrogen-bond acceptors (Lipinski definition) is 4. The first kappa shape index (κ1) is 20.2. The van der Waals surface area contributed by atoms with Crippen molar-refractivity contribution in [1.29, 1.82) is 0 Å². The molecule has 156 valence electrons. The predicted molar refractivity (Wildman–Crippen MR) is 105 cm³/mol. The zero-order valence-electron chi connectivity index (χ0n) is 16.0. The van der Waals surface area contributed by atoms with Gasteiger partial charge in [-0.05, 0) is 23.8 Å². The fourth-order valence-corrected chi connectivity index (χ4v) is 3.93. The first-order valence-electron chi connectivity index (χ1n) is 8.97. The minimum absolute atomic E-state index is 0.0132. The third-order valence-electron chi connectivity index (χ3n) is 5.20. The zero-order chi connectivity index (χ0) is 21.8. The third-order valence-corrected chi connectivity index (χ3v) is 5.43. The van der Waals surface area contributed by atoms with Gasteiger partial charge in [-0.2, -0.15) is 17.7 Å². The Labute approximate surface area is 174 Å². The average Bonchev–Trinajstić information content (AvgIpc) is 3.04. The number of fused-ring (bicyclic) bond motifs is 1. The maximum absolute atomic E-state index is 13.4. The number of pyridine rings is 1. The summed E-state index contributed by atoms with van der Waals surface area (Å²) in [5.74, 6) is 0.0143. The summed E-state index contributed by atoms with van der Waals surface area (Å²) in [5, 5.41) is 11.0. The highest BCUT2D eigenvalue weighted by Gasteiger charge is 2.41. The Morgan fingerprint density at radius 1 is 1.27 bits per heavy atom. The molecule has 2 aromatic heterocycles. The van der Waals surface area contributed by atoms with E-state index < -0.39 is 29.2 Å². The van der Waals surface area contributed by atoms with Gasteiger partial charge < -0.3 is 5.11 Å². The van der Waals surface area contributed by atoms with Crippen LogP contribution in [0, 0.1) is 0 Å². The van der Waals surface area contributed by atoms with Crippen LogP contribution < -0.4 is 15.0 Å². The number of rotatable bonds is 2. The molecule has 0 aliphatic carbocycles. The molecule has 1 aliphatic rings. The molecule has 0 saturated carbocycles. The van der Waals surface area contributed by atoms with E-state index in [1.54, 1.807) is 37.3 Å². The van der Waals surface area contributed by atoms with Crippen LogP contribution in [0.15, 0.2) is 47.4 Å². The molecule has 0 spiro atoms. The molecule has 4 rings (SSSR count). The van der Waals surface area contributed by atoms with Gasteiger partial charge in [-0.25, -0.2) is 14.3 Å². The lowest BCUT2D eigenvalue weighted by Crippen LogP contribution is -2.41. The Hall–Kier alpha value is -3.07. The van der Waals surface area contributed by atoms with Gasteiger partial charge in [0.15, 0.2) is 0 Å². The molecule has 30 heavy (non-hydrogen) atoms. The Balaban J connectivity index is 1.96. The Bertz CT molecular complexity index is 1190. The zero-order valence-corrected chi connectivity index (χ0v) is 16.7. The highest BCUT2D eigenvalue weighted by atomic mass is 35.5. The molecule has 1 atom stereocenters. The number of benzene rings is 1. The van der Waals surface area contributed by atoms with Crippen LogP contribution in [0.3, 0.4) is 0 Å². The molecule has 10 heteroatoms. The van der Waals surface area contributed by atoms with Crippen LogP contribution in [0.25, 0.3) is 11.1 Å². The van der Waals surface area contributed by atoms with Crippen molar-refractivity contribution in [3.05, 3.63) is 69.2 Å². The molecule has 1 unspecified atom stereocenters. The summed E-state index contributed by atoms with van der Waals surface area (Å²) in [6.45, 7) is 0.415. The highest BCUT2D eigenvalue weighted by Crippen LogP contribution is 2.35. The molecule has 1 N–H and O–H groups in total. The average molecular weight is 438 g/mol. The predicted octanol–water partition coefficient (Wildman–Crippen LogP) is 3.15. The first-order valence-corrected chi connectivity index (χ1v) is 9.35. The van der Waals surface area contributed by atoms with E-state index in [1.807, 2.05) is 0 Å². The summed E-state index contributed by atoms with van der Waals surface area (Å²) >= 11 is 5.86. The monoisotopic (exact) mass is 437 g/mol. The van der Waals surface area contributed by atoms with E-state index in [1.165, 1.54) is 21.3 Å².